The zero-order valence-electron chi connectivity index (χ0n) is 21.9. The van der Waals surface area contributed by atoms with E-state index in [0.29, 0.717) is 0 Å². The number of rotatable bonds is 11. The molecule has 4 rings (SSSR count). The minimum absolute atomic E-state index is 0.725. The molecule has 0 atom stereocenters. The maximum atomic E-state index is 5.31. The molecule has 3 heteroatoms. The number of hydrogen-bond donors (Lipinski definition) is 0. The molecule has 1 aliphatic rings. The third-order valence-electron chi connectivity index (χ3n) is 7.35. The van der Waals surface area contributed by atoms with Crippen LogP contribution in [0.3, 0.4) is 0 Å². The molecule has 1 aromatic heterocycles. The summed E-state index contributed by atoms with van der Waals surface area (Å²) in [5, 5.41) is 6.65. The Morgan fingerprint density at radius 1 is 0.971 bits per heavy atom. The number of aromatic nitrogens is 2. The van der Waals surface area contributed by atoms with Crippen LogP contribution in [0.5, 0.6) is 0 Å². The van der Waals surface area contributed by atoms with E-state index in [1.54, 1.807) is 0 Å². The number of thioether (sulfide) groups is 1. The molecule has 0 N–H and O–H groups in total. The van der Waals surface area contributed by atoms with Crippen LogP contribution in [0, 0.1) is 18.8 Å². The first-order chi connectivity index (χ1) is 17.0. The van der Waals surface area contributed by atoms with Gasteiger partial charge in [-0.15, -0.1) is 18.3 Å². The van der Waals surface area contributed by atoms with Crippen LogP contribution in [0.25, 0.3) is 22.4 Å². The Morgan fingerprint density at radius 2 is 1.66 bits per heavy atom. The van der Waals surface area contributed by atoms with Crippen molar-refractivity contribution in [1.82, 2.24) is 9.78 Å². The van der Waals surface area contributed by atoms with E-state index in [1.807, 2.05) is 11.8 Å². The first-order valence-electron chi connectivity index (χ1n) is 13.6. The molecule has 2 aromatic carbocycles. The molecule has 186 valence electrons. The van der Waals surface area contributed by atoms with Crippen molar-refractivity contribution in [2.75, 3.05) is 5.75 Å². The molecule has 2 nitrogen and oxygen atoms in total. The summed E-state index contributed by atoms with van der Waals surface area (Å²) in [6.45, 7) is 11.7. The quantitative estimate of drug-likeness (QED) is 0.198. The fourth-order valence-corrected chi connectivity index (χ4v) is 6.35. The topological polar surface area (TPSA) is 17.8 Å². The molecule has 0 bridgehead atoms. The minimum atomic E-state index is 0.725. The average Bonchev–Trinajstić information content (AvgIpc) is 3.22. The molecule has 1 heterocycles. The molecule has 1 aliphatic carbocycles. The second-order valence-electron chi connectivity index (χ2n) is 10.5. The van der Waals surface area contributed by atoms with Crippen molar-refractivity contribution in [3.63, 3.8) is 0 Å². The van der Waals surface area contributed by atoms with Gasteiger partial charge in [0.05, 0.1) is 0 Å². The van der Waals surface area contributed by atoms with Crippen molar-refractivity contribution in [3.8, 4) is 22.4 Å². The molecule has 0 amide bonds. The molecular weight excluding hydrogens is 444 g/mol. The van der Waals surface area contributed by atoms with Crippen molar-refractivity contribution in [3.05, 3.63) is 72.3 Å². The van der Waals surface area contributed by atoms with Crippen LogP contribution in [-0.4, -0.2) is 15.5 Å². The Labute approximate surface area is 217 Å². The SMILES string of the molecule is C=C(C)CCCC1CCC(Cn2nc(-c3ccc(C)cc3)c(-c3ccccc3)c2SCCC)CC1. The average molecular weight is 487 g/mol. The number of allylic oxidation sites excluding steroid dienone is 1. The highest BCUT2D eigenvalue weighted by molar-refractivity contribution is 7.99. The van der Waals surface area contributed by atoms with Crippen molar-refractivity contribution in [2.45, 2.75) is 83.7 Å². The Hall–Kier alpha value is -2.26. The van der Waals surface area contributed by atoms with Crippen molar-refractivity contribution < 1.29 is 0 Å². The molecule has 35 heavy (non-hydrogen) atoms. The van der Waals surface area contributed by atoms with E-state index in [2.05, 4.69) is 86.6 Å². The maximum Gasteiger partial charge on any atom is 0.102 e. The van der Waals surface area contributed by atoms with Crippen molar-refractivity contribution in [1.29, 1.82) is 0 Å². The molecular formula is C32H42N2S. The second kappa shape index (κ2) is 12.6. The lowest BCUT2D eigenvalue weighted by Gasteiger charge is -2.29. The highest BCUT2D eigenvalue weighted by Crippen LogP contribution is 2.41. The fraction of sp³-hybridized carbons (Fsp3) is 0.469. The third kappa shape index (κ3) is 6.91. The molecule has 0 unspecified atom stereocenters. The van der Waals surface area contributed by atoms with E-state index >= 15 is 0 Å². The molecule has 1 saturated carbocycles. The Bertz CT molecular complexity index is 1070. The molecule has 0 radical (unpaired) electrons. The number of nitrogens with zero attached hydrogens (tertiary/aromatic N) is 2. The van der Waals surface area contributed by atoms with E-state index < -0.39 is 0 Å². The second-order valence-corrected chi connectivity index (χ2v) is 11.6. The largest absolute Gasteiger partial charge is 0.257 e. The highest BCUT2D eigenvalue weighted by atomic mass is 32.2. The van der Waals surface area contributed by atoms with Gasteiger partial charge in [-0.05, 0) is 69.1 Å². The monoisotopic (exact) mass is 486 g/mol. The van der Waals surface area contributed by atoms with Crippen LogP contribution >= 0.6 is 11.8 Å². The Balaban J connectivity index is 1.59. The van der Waals surface area contributed by atoms with Crippen LogP contribution in [0.2, 0.25) is 0 Å². The van der Waals surface area contributed by atoms with Gasteiger partial charge < -0.3 is 0 Å². The Morgan fingerprint density at radius 3 is 2.31 bits per heavy atom. The van der Waals surface area contributed by atoms with E-state index in [0.717, 1.165) is 29.8 Å². The summed E-state index contributed by atoms with van der Waals surface area (Å²) in [4.78, 5) is 0. The standard InChI is InChI=1S/C32H42N2S/c1-5-22-35-32-30(28-12-7-6-8-13-28)31(29-20-14-25(4)15-21-29)33-34(32)23-27-18-16-26(17-19-27)11-9-10-24(2)3/h6-8,12-15,20-21,26-27H,2,5,9-11,16-19,22-23H2,1,3-4H3. The predicted octanol–water partition coefficient (Wildman–Crippen LogP) is 9.58. The van der Waals surface area contributed by atoms with E-state index in [1.165, 1.54) is 84.2 Å². The molecule has 3 aromatic rings. The van der Waals surface area contributed by atoms with Gasteiger partial charge in [0, 0.05) is 17.7 Å². The third-order valence-corrected chi connectivity index (χ3v) is 8.65. The summed E-state index contributed by atoms with van der Waals surface area (Å²) in [5.74, 6) is 2.75. The highest BCUT2D eigenvalue weighted by Gasteiger charge is 2.26. The number of aryl methyl sites for hydroxylation is 1. The zero-order chi connectivity index (χ0) is 24.6. The smallest absolute Gasteiger partial charge is 0.102 e. The fourth-order valence-electron chi connectivity index (χ4n) is 5.33. The zero-order valence-corrected chi connectivity index (χ0v) is 22.7. The van der Waals surface area contributed by atoms with E-state index in [-0.39, 0.29) is 0 Å². The first kappa shape index (κ1) is 25.8. The van der Waals surface area contributed by atoms with Gasteiger partial charge >= 0.3 is 0 Å². The summed E-state index contributed by atoms with van der Waals surface area (Å²) in [5.41, 5.74) is 7.54. The van der Waals surface area contributed by atoms with Crippen molar-refractivity contribution in [2.24, 2.45) is 11.8 Å². The van der Waals surface area contributed by atoms with Gasteiger partial charge in [0.2, 0.25) is 0 Å². The molecule has 1 fully saturated rings. The summed E-state index contributed by atoms with van der Waals surface area (Å²) in [6, 6.07) is 19.8. The van der Waals surface area contributed by atoms with E-state index in [9.17, 15) is 0 Å². The maximum absolute atomic E-state index is 5.31. The summed E-state index contributed by atoms with van der Waals surface area (Å²) in [7, 11) is 0. The van der Waals surface area contributed by atoms with Gasteiger partial charge in [-0.2, -0.15) is 5.10 Å². The lowest BCUT2D eigenvalue weighted by Crippen LogP contribution is -2.20. The first-order valence-corrected chi connectivity index (χ1v) is 14.5. The van der Waals surface area contributed by atoms with Gasteiger partial charge in [-0.25, -0.2) is 0 Å². The van der Waals surface area contributed by atoms with Crippen LogP contribution in [0.15, 0.2) is 71.8 Å². The van der Waals surface area contributed by atoms with Gasteiger partial charge in [0.15, 0.2) is 0 Å². The molecule has 0 saturated heterocycles. The minimum Gasteiger partial charge on any atom is -0.257 e. The van der Waals surface area contributed by atoms with Gasteiger partial charge in [0.25, 0.3) is 0 Å². The van der Waals surface area contributed by atoms with Gasteiger partial charge in [-0.1, -0.05) is 91.9 Å². The lowest BCUT2D eigenvalue weighted by molar-refractivity contribution is 0.231. The van der Waals surface area contributed by atoms with Crippen LogP contribution in [0.1, 0.15) is 70.8 Å². The van der Waals surface area contributed by atoms with E-state index in [4.69, 9.17) is 5.10 Å². The normalized spacial score (nSPS) is 18.0. The van der Waals surface area contributed by atoms with Crippen LogP contribution in [0.4, 0.5) is 0 Å². The summed E-state index contributed by atoms with van der Waals surface area (Å²) >= 11 is 1.98. The lowest BCUT2D eigenvalue weighted by atomic mass is 9.79. The molecule has 0 spiro atoms. The van der Waals surface area contributed by atoms with Crippen LogP contribution in [-0.2, 0) is 6.54 Å². The van der Waals surface area contributed by atoms with Crippen LogP contribution < -0.4 is 0 Å². The predicted molar refractivity (Wildman–Crippen MR) is 153 cm³/mol. The molecule has 0 aliphatic heterocycles. The van der Waals surface area contributed by atoms with Gasteiger partial charge in [-0.3, -0.25) is 4.68 Å². The Kier molecular flexibility index (Phi) is 9.31. The summed E-state index contributed by atoms with van der Waals surface area (Å²) < 4.78 is 2.36. The number of benzene rings is 2. The van der Waals surface area contributed by atoms with Crippen molar-refractivity contribution >= 4 is 11.8 Å². The number of hydrogen-bond acceptors (Lipinski definition) is 2. The summed E-state index contributed by atoms with van der Waals surface area (Å²) in [6.07, 6.45) is 10.4. The van der Waals surface area contributed by atoms with Gasteiger partial charge in [0.1, 0.15) is 10.7 Å².